The van der Waals surface area contributed by atoms with E-state index < -0.39 is 0 Å². The summed E-state index contributed by atoms with van der Waals surface area (Å²) in [7, 11) is 3.37. The van der Waals surface area contributed by atoms with Crippen molar-refractivity contribution < 1.29 is 9.47 Å². The van der Waals surface area contributed by atoms with Crippen LogP contribution in [0, 0.1) is 11.3 Å². The molecule has 2 rings (SSSR count). The predicted octanol–water partition coefficient (Wildman–Crippen LogP) is 5.59. The Hall–Kier alpha value is -0.890. The molecule has 118 valence electrons. The summed E-state index contributed by atoms with van der Waals surface area (Å²) in [5, 5.41) is 0.00301. The van der Waals surface area contributed by atoms with Crippen LogP contribution in [0.5, 0.6) is 11.5 Å². The van der Waals surface area contributed by atoms with Crippen molar-refractivity contribution in [1.82, 2.24) is 0 Å². The van der Waals surface area contributed by atoms with Crippen molar-refractivity contribution in [3.8, 4) is 11.5 Å². The number of alkyl halides is 1. The Bertz CT molecular complexity index is 464. The van der Waals surface area contributed by atoms with Crippen molar-refractivity contribution in [3.05, 3.63) is 23.8 Å². The maximum atomic E-state index is 6.97. The van der Waals surface area contributed by atoms with E-state index in [1.165, 1.54) is 32.1 Å². The molecule has 21 heavy (non-hydrogen) atoms. The number of ether oxygens (including phenoxy) is 2. The second kappa shape index (κ2) is 6.91. The topological polar surface area (TPSA) is 18.5 Å². The van der Waals surface area contributed by atoms with E-state index in [0.29, 0.717) is 5.92 Å². The van der Waals surface area contributed by atoms with Crippen molar-refractivity contribution in [2.45, 2.75) is 51.3 Å². The molecule has 1 aromatic carbocycles. The lowest BCUT2D eigenvalue weighted by Gasteiger charge is -2.36. The fourth-order valence-corrected chi connectivity index (χ4v) is 4.30. The van der Waals surface area contributed by atoms with Gasteiger partial charge < -0.3 is 9.47 Å². The Morgan fingerprint density at radius 2 is 1.81 bits per heavy atom. The highest BCUT2D eigenvalue weighted by Crippen LogP contribution is 2.56. The fourth-order valence-electron chi connectivity index (χ4n) is 3.81. The van der Waals surface area contributed by atoms with E-state index in [2.05, 4.69) is 19.9 Å². The Balaban J connectivity index is 2.34. The van der Waals surface area contributed by atoms with Crippen LogP contribution in [0.25, 0.3) is 0 Å². The minimum Gasteiger partial charge on any atom is -0.497 e. The van der Waals surface area contributed by atoms with Crippen molar-refractivity contribution in [3.63, 3.8) is 0 Å². The van der Waals surface area contributed by atoms with Crippen LogP contribution in [-0.2, 0) is 0 Å². The summed E-state index contributed by atoms with van der Waals surface area (Å²) in [6, 6.07) is 5.98. The average Bonchev–Trinajstić information content (AvgIpc) is 2.94. The van der Waals surface area contributed by atoms with Gasteiger partial charge in [-0.05, 0) is 36.7 Å². The fraction of sp³-hybridized carbons (Fsp3) is 0.667. The van der Waals surface area contributed by atoms with E-state index in [0.717, 1.165) is 17.1 Å². The van der Waals surface area contributed by atoms with Gasteiger partial charge >= 0.3 is 0 Å². The number of methoxy groups -OCH3 is 2. The Kier molecular flexibility index (Phi) is 5.43. The lowest BCUT2D eigenvalue weighted by atomic mass is 9.73. The van der Waals surface area contributed by atoms with Gasteiger partial charge in [-0.3, -0.25) is 0 Å². The number of hydrogen-bond donors (Lipinski definition) is 0. The van der Waals surface area contributed by atoms with Crippen molar-refractivity contribution in [2.75, 3.05) is 14.2 Å². The molecule has 2 nitrogen and oxygen atoms in total. The molecule has 0 saturated heterocycles. The van der Waals surface area contributed by atoms with E-state index in [4.69, 9.17) is 21.1 Å². The van der Waals surface area contributed by atoms with Gasteiger partial charge in [-0.2, -0.15) is 0 Å². The zero-order valence-corrected chi connectivity index (χ0v) is 14.4. The highest BCUT2D eigenvalue weighted by molar-refractivity contribution is 6.21. The van der Waals surface area contributed by atoms with E-state index >= 15 is 0 Å². The first-order valence-electron chi connectivity index (χ1n) is 7.88. The molecule has 1 atom stereocenters. The highest BCUT2D eigenvalue weighted by atomic mass is 35.5. The van der Waals surface area contributed by atoms with Gasteiger partial charge in [0.15, 0.2) is 0 Å². The average molecular weight is 311 g/mol. The van der Waals surface area contributed by atoms with Crippen molar-refractivity contribution in [1.29, 1.82) is 0 Å². The van der Waals surface area contributed by atoms with E-state index in [-0.39, 0.29) is 10.8 Å². The molecule has 0 aliphatic heterocycles. The molecule has 3 heteroatoms. The Labute approximate surface area is 133 Å². The Morgan fingerprint density at radius 1 is 1.14 bits per heavy atom. The van der Waals surface area contributed by atoms with Gasteiger partial charge in [0, 0.05) is 11.6 Å². The first-order valence-corrected chi connectivity index (χ1v) is 8.32. The predicted molar refractivity (Wildman–Crippen MR) is 88.5 cm³/mol. The molecule has 1 unspecified atom stereocenters. The molecule has 1 aromatic rings. The molecule has 1 fully saturated rings. The third-order valence-electron chi connectivity index (χ3n) is 4.67. The van der Waals surface area contributed by atoms with Crippen molar-refractivity contribution in [2.24, 2.45) is 11.3 Å². The number of hydrogen-bond acceptors (Lipinski definition) is 2. The molecule has 0 bridgehead atoms. The third kappa shape index (κ3) is 3.48. The summed E-state index contributed by atoms with van der Waals surface area (Å²) in [5.74, 6) is 2.31. The van der Waals surface area contributed by atoms with Gasteiger partial charge in [-0.1, -0.05) is 32.8 Å². The summed E-state index contributed by atoms with van der Waals surface area (Å²) >= 11 is 6.97. The van der Waals surface area contributed by atoms with E-state index in [1.807, 2.05) is 12.1 Å². The molecule has 1 saturated carbocycles. The maximum Gasteiger partial charge on any atom is 0.127 e. The van der Waals surface area contributed by atoms with Gasteiger partial charge in [-0.25, -0.2) is 0 Å². The second-order valence-corrected chi connectivity index (χ2v) is 7.07. The molecule has 0 aromatic heterocycles. The van der Waals surface area contributed by atoms with Crippen LogP contribution >= 0.6 is 11.6 Å². The molecule has 0 radical (unpaired) electrons. The lowest BCUT2D eigenvalue weighted by Crippen LogP contribution is -2.25. The SMILES string of the molecule is COc1ccc(C(Cl)C2(CC(C)C)CCCC2)c(OC)c1. The monoisotopic (exact) mass is 310 g/mol. The van der Waals surface area contributed by atoms with Crippen LogP contribution in [0.1, 0.15) is 56.9 Å². The largest absolute Gasteiger partial charge is 0.497 e. The molecule has 0 amide bonds. The highest BCUT2D eigenvalue weighted by Gasteiger charge is 2.42. The quantitative estimate of drug-likeness (QED) is 0.638. The summed E-state index contributed by atoms with van der Waals surface area (Å²) in [6.45, 7) is 4.57. The van der Waals surface area contributed by atoms with E-state index in [9.17, 15) is 0 Å². The summed E-state index contributed by atoms with van der Waals surface area (Å²) in [5.41, 5.74) is 1.31. The standard InChI is InChI=1S/C18H27ClO2/c1-13(2)12-18(9-5-6-10-18)17(19)15-8-7-14(20-3)11-16(15)21-4/h7-8,11,13,17H,5-6,9-10,12H2,1-4H3. The molecule has 1 aliphatic rings. The second-order valence-electron chi connectivity index (χ2n) is 6.64. The minimum absolute atomic E-state index is 0.00301. The molecule has 1 aliphatic carbocycles. The van der Waals surface area contributed by atoms with Gasteiger partial charge in [0.05, 0.1) is 19.6 Å². The number of rotatable bonds is 6. The van der Waals surface area contributed by atoms with E-state index in [1.54, 1.807) is 14.2 Å². The smallest absolute Gasteiger partial charge is 0.127 e. The van der Waals surface area contributed by atoms with Crippen LogP contribution in [0.3, 0.4) is 0 Å². The first-order chi connectivity index (χ1) is 10.0. The molecular formula is C18H27ClO2. The minimum atomic E-state index is 0.00301. The summed E-state index contributed by atoms with van der Waals surface area (Å²) < 4.78 is 10.8. The number of halogens is 1. The zero-order valence-electron chi connectivity index (χ0n) is 13.6. The lowest BCUT2D eigenvalue weighted by molar-refractivity contribution is 0.220. The first kappa shape index (κ1) is 16.5. The van der Waals surface area contributed by atoms with Gasteiger partial charge in [0.25, 0.3) is 0 Å². The molecule has 0 N–H and O–H groups in total. The summed E-state index contributed by atoms with van der Waals surface area (Å²) in [6.07, 6.45) is 6.18. The molecule has 0 heterocycles. The van der Waals surface area contributed by atoms with Crippen LogP contribution in [0.2, 0.25) is 0 Å². The van der Waals surface area contributed by atoms with Crippen LogP contribution < -0.4 is 9.47 Å². The van der Waals surface area contributed by atoms with Crippen LogP contribution in [0.15, 0.2) is 18.2 Å². The third-order valence-corrected chi connectivity index (χ3v) is 5.36. The summed E-state index contributed by atoms with van der Waals surface area (Å²) in [4.78, 5) is 0. The Morgan fingerprint density at radius 3 is 2.33 bits per heavy atom. The number of benzene rings is 1. The zero-order chi connectivity index (χ0) is 15.5. The maximum absolute atomic E-state index is 6.97. The normalized spacial score (nSPS) is 18.8. The van der Waals surface area contributed by atoms with Crippen LogP contribution in [-0.4, -0.2) is 14.2 Å². The van der Waals surface area contributed by atoms with Gasteiger partial charge in [-0.15, -0.1) is 11.6 Å². The van der Waals surface area contributed by atoms with Crippen molar-refractivity contribution >= 4 is 11.6 Å². The molecule has 0 spiro atoms. The van der Waals surface area contributed by atoms with Gasteiger partial charge in [0.2, 0.25) is 0 Å². The van der Waals surface area contributed by atoms with Gasteiger partial charge in [0.1, 0.15) is 11.5 Å². The molecular weight excluding hydrogens is 284 g/mol. The van der Waals surface area contributed by atoms with Crippen LogP contribution in [0.4, 0.5) is 0 Å².